The molecule has 1 N–H and O–H groups in total. The third-order valence-electron chi connectivity index (χ3n) is 5.60. The molecule has 2 amide bonds. The molecule has 0 aromatic rings. The van der Waals surface area contributed by atoms with Crippen molar-refractivity contribution in [3.05, 3.63) is 0 Å². The second-order valence-corrected chi connectivity index (χ2v) is 7.24. The quantitative estimate of drug-likeness (QED) is 0.850. The van der Waals surface area contributed by atoms with E-state index in [1.165, 1.54) is 19.3 Å². The minimum absolute atomic E-state index is 0.0959. The molecule has 2 unspecified atom stereocenters. The van der Waals surface area contributed by atoms with Crippen molar-refractivity contribution < 1.29 is 9.59 Å². The van der Waals surface area contributed by atoms with E-state index in [2.05, 4.69) is 5.32 Å². The lowest BCUT2D eigenvalue weighted by Crippen LogP contribution is -2.45. The van der Waals surface area contributed by atoms with E-state index in [1.807, 2.05) is 16.8 Å². The first-order valence-electron chi connectivity index (χ1n) is 8.92. The van der Waals surface area contributed by atoms with Crippen LogP contribution in [0.2, 0.25) is 0 Å². The highest BCUT2D eigenvalue weighted by atomic mass is 16.2. The Labute approximate surface area is 133 Å². The minimum Gasteiger partial charge on any atom is -0.342 e. The summed E-state index contributed by atoms with van der Waals surface area (Å²) in [7, 11) is 1.97. The van der Waals surface area contributed by atoms with E-state index in [1.54, 1.807) is 0 Å². The number of amides is 2. The standard InChI is InChI=1S/C17H29N3O2/c1-18-10-13-5-4-8-19(11-13)17(22)14-9-16(21)20(12-14)15-6-2-3-7-15/h13-15,18H,2-12H2,1H3. The zero-order valence-corrected chi connectivity index (χ0v) is 13.7. The van der Waals surface area contributed by atoms with Gasteiger partial charge in [-0.05, 0) is 45.2 Å². The van der Waals surface area contributed by atoms with Gasteiger partial charge in [0.1, 0.15) is 0 Å². The van der Waals surface area contributed by atoms with Crippen LogP contribution >= 0.6 is 0 Å². The Kier molecular flexibility index (Phi) is 5.01. The van der Waals surface area contributed by atoms with Gasteiger partial charge < -0.3 is 15.1 Å². The predicted molar refractivity (Wildman–Crippen MR) is 85.3 cm³/mol. The first-order chi connectivity index (χ1) is 10.7. The molecule has 0 spiro atoms. The van der Waals surface area contributed by atoms with Crippen LogP contribution < -0.4 is 5.32 Å². The second-order valence-electron chi connectivity index (χ2n) is 7.24. The molecule has 0 bridgehead atoms. The number of carbonyl (C=O) groups excluding carboxylic acids is 2. The summed E-state index contributed by atoms with van der Waals surface area (Å²) in [4.78, 5) is 29.1. The maximum Gasteiger partial charge on any atom is 0.228 e. The molecule has 3 fully saturated rings. The second kappa shape index (κ2) is 6.99. The maximum atomic E-state index is 12.8. The van der Waals surface area contributed by atoms with Crippen LogP contribution in [0.4, 0.5) is 0 Å². The zero-order valence-electron chi connectivity index (χ0n) is 13.7. The lowest BCUT2D eigenvalue weighted by Gasteiger charge is -2.34. The fourth-order valence-electron chi connectivity index (χ4n) is 4.44. The summed E-state index contributed by atoms with van der Waals surface area (Å²) in [6.07, 6.45) is 7.42. The van der Waals surface area contributed by atoms with Gasteiger partial charge in [0.05, 0.1) is 5.92 Å². The average Bonchev–Trinajstić information content (AvgIpc) is 3.16. The first-order valence-corrected chi connectivity index (χ1v) is 8.92. The molecular weight excluding hydrogens is 278 g/mol. The summed E-state index contributed by atoms with van der Waals surface area (Å²) in [5.74, 6) is 0.885. The monoisotopic (exact) mass is 307 g/mol. The Balaban J connectivity index is 1.57. The molecular formula is C17H29N3O2. The third kappa shape index (κ3) is 3.29. The topological polar surface area (TPSA) is 52.7 Å². The van der Waals surface area contributed by atoms with Gasteiger partial charge >= 0.3 is 0 Å². The molecule has 0 aromatic carbocycles. The van der Waals surface area contributed by atoms with Gasteiger partial charge in [-0.1, -0.05) is 12.8 Å². The largest absolute Gasteiger partial charge is 0.342 e. The zero-order chi connectivity index (χ0) is 15.5. The fraction of sp³-hybridized carbons (Fsp3) is 0.882. The van der Waals surface area contributed by atoms with Crippen molar-refractivity contribution in [2.75, 3.05) is 33.2 Å². The molecule has 3 aliphatic rings. The molecule has 0 radical (unpaired) electrons. The highest BCUT2D eigenvalue weighted by Gasteiger charge is 2.40. The molecule has 5 nitrogen and oxygen atoms in total. The molecule has 3 rings (SSSR count). The van der Waals surface area contributed by atoms with Crippen molar-refractivity contribution in [2.45, 2.75) is 51.0 Å². The van der Waals surface area contributed by atoms with Gasteiger partial charge in [0.25, 0.3) is 0 Å². The van der Waals surface area contributed by atoms with Crippen LogP contribution in [-0.2, 0) is 9.59 Å². The average molecular weight is 307 g/mol. The molecule has 22 heavy (non-hydrogen) atoms. The van der Waals surface area contributed by atoms with Crippen LogP contribution in [0.25, 0.3) is 0 Å². The predicted octanol–water partition coefficient (Wildman–Crippen LogP) is 1.24. The van der Waals surface area contributed by atoms with Gasteiger partial charge in [-0.25, -0.2) is 0 Å². The SMILES string of the molecule is CNCC1CCCN(C(=O)C2CC(=O)N(C3CCCC3)C2)C1. The van der Waals surface area contributed by atoms with E-state index in [0.29, 0.717) is 24.9 Å². The molecule has 124 valence electrons. The Morgan fingerprint density at radius 1 is 1.18 bits per heavy atom. The van der Waals surface area contributed by atoms with Gasteiger partial charge in [-0.15, -0.1) is 0 Å². The van der Waals surface area contributed by atoms with Crippen LogP contribution in [-0.4, -0.2) is 60.9 Å². The number of nitrogens with zero attached hydrogens (tertiary/aromatic N) is 2. The van der Waals surface area contributed by atoms with E-state index in [4.69, 9.17) is 0 Å². The summed E-state index contributed by atoms with van der Waals surface area (Å²) in [6.45, 7) is 3.36. The smallest absolute Gasteiger partial charge is 0.228 e. The number of likely N-dealkylation sites (tertiary alicyclic amines) is 2. The number of carbonyl (C=O) groups is 2. The first kappa shape index (κ1) is 15.8. The van der Waals surface area contributed by atoms with Crippen molar-refractivity contribution in [1.29, 1.82) is 0 Å². The van der Waals surface area contributed by atoms with Crippen LogP contribution in [0, 0.1) is 11.8 Å². The fourth-order valence-corrected chi connectivity index (χ4v) is 4.44. The van der Waals surface area contributed by atoms with Crippen molar-refractivity contribution in [3.8, 4) is 0 Å². The molecule has 2 aliphatic heterocycles. The van der Waals surface area contributed by atoms with E-state index in [-0.39, 0.29) is 17.7 Å². The maximum absolute atomic E-state index is 12.8. The van der Waals surface area contributed by atoms with Gasteiger partial charge in [-0.2, -0.15) is 0 Å². The molecule has 1 saturated carbocycles. The number of nitrogens with one attached hydrogen (secondary N) is 1. The molecule has 2 saturated heterocycles. The van der Waals surface area contributed by atoms with Gasteiger partial charge in [0.15, 0.2) is 0 Å². The van der Waals surface area contributed by atoms with Crippen molar-refractivity contribution in [3.63, 3.8) is 0 Å². The van der Waals surface area contributed by atoms with Crippen LogP contribution in [0.1, 0.15) is 44.9 Å². The highest BCUT2D eigenvalue weighted by Crippen LogP contribution is 2.30. The van der Waals surface area contributed by atoms with Crippen molar-refractivity contribution in [2.24, 2.45) is 11.8 Å². The number of rotatable bonds is 4. The summed E-state index contributed by atoms with van der Waals surface area (Å²) in [5.41, 5.74) is 0. The van der Waals surface area contributed by atoms with Crippen molar-refractivity contribution in [1.82, 2.24) is 15.1 Å². The number of hydrogen-bond donors (Lipinski definition) is 1. The third-order valence-corrected chi connectivity index (χ3v) is 5.60. The van der Waals surface area contributed by atoms with Gasteiger partial charge in [0, 0.05) is 32.1 Å². The summed E-state index contributed by atoms with van der Waals surface area (Å²) < 4.78 is 0. The number of hydrogen-bond acceptors (Lipinski definition) is 3. The van der Waals surface area contributed by atoms with Gasteiger partial charge in [-0.3, -0.25) is 9.59 Å². The van der Waals surface area contributed by atoms with E-state index >= 15 is 0 Å². The Hall–Kier alpha value is -1.10. The van der Waals surface area contributed by atoms with Crippen LogP contribution in [0.15, 0.2) is 0 Å². The number of piperidine rings is 1. The molecule has 2 heterocycles. The Morgan fingerprint density at radius 2 is 1.95 bits per heavy atom. The molecule has 2 atom stereocenters. The Bertz CT molecular complexity index is 418. The lowest BCUT2D eigenvalue weighted by atomic mass is 9.96. The van der Waals surface area contributed by atoms with E-state index in [9.17, 15) is 9.59 Å². The van der Waals surface area contributed by atoms with Crippen LogP contribution in [0.5, 0.6) is 0 Å². The highest BCUT2D eigenvalue weighted by molar-refractivity contribution is 5.89. The Morgan fingerprint density at radius 3 is 2.68 bits per heavy atom. The van der Waals surface area contributed by atoms with Gasteiger partial charge in [0.2, 0.25) is 11.8 Å². The van der Waals surface area contributed by atoms with E-state index in [0.717, 1.165) is 38.9 Å². The normalized spacial score (nSPS) is 30.3. The molecule has 5 heteroatoms. The van der Waals surface area contributed by atoms with Crippen molar-refractivity contribution >= 4 is 11.8 Å². The summed E-state index contributed by atoms with van der Waals surface area (Å²) in [5, 5.41) is 3.22. The lowest BCUT2D eigenvalue weighted by molar-refractivity contribution is -0.137. The summed E-state index contributed by atoms with van der Waals surface area (Å²) >= 11 is 0. The minimum atomic E-state index is -0.0959. The molecule has 0 aromatic heterocycles. The molecule has 1 aliphatic carbocycles. The summed E-state index contributed by atoms with van der Waals surface area (Å²) in [6, 6.07) is 0.406. The van der Waals surface area contributed by atoms with Crippen LogP contribution in [0.3, 0.4) is 0 Å². The van der Waals surface area contributed by atoms with E-state index < -0.39 is 0 Å².